The Balaban J connectivity index is 2.51. The Kier molecular flexibility index (Phi) is 8.27. The number of hydrogen-bond donors (Lipinski definition) is 2. The van der Waals surface area contributed by atoms with E-state index < -0.39 is 0 Å². The first-order valence-electron chi connectivity index (χ1n) is 7.39. The van der Waals surface area contributed by atoms with Gasteiger partial charge in [-0.25, -0.2) is 25.0 Å². The maximum atomic E-state index is 4.53. The molecule has 0 bridgehead atoms. The third-order valence-electron chi connectivity index (χ3n) is 4.50. The standard InChI is InChI=1S/C13H28B2S2/c1-10(2)11-5-3-7-12(14-16)9-13(15-17)8-4-6-11/h10-17H,3-9H2,1-2H3. The maximum Gasteiger partial charge on any atom is 0.190 e. The molecule has 4 heteroatoms. The summed E-state index contributed by atoms with van der Waals surface area (Å²) < 4.78 is 0. The summed E-state index contributed by atoms with van der Waals surface area (Å²) in [5, 5.41) is 0. The summed E-state index contributed by atoms with van der Waals surface area (Å²) in [6, 6.07) is 0. The third-order valence-corrected chi connectivity index (χ3v) is 5.53. The highest BCUT2D eigenvalue weighted by molar-refractivity contribution is 8.07. The molecule has 98 valence electrons. The normalized spacial score (nSPS) is 32.2. The lowest BCUT2D eigenvalue weighted by atomic mass is 9.66. The van der Waals surface area contributed by atoms with Crippen LogP contribution in [0.3, 0.4) is 0 Å². The first-order chi connectivity index (χ1) is 8.17. The van der Waals surface area contributed by atoms with E-state index in [1.165, 1.54) is 44.9 Å². The first-order valence-corrected chi connectivity index (χ1v) is 8.65. The molecule has 0 heterocycles. The van der Waals surface area contributed by atoms with E-state index in [0.717, 1.165) is 36.6 Å². The number of hydrogen-bond acceptors (Lipinski definition) is 2. The Morgan fingerprint density at radius 3 is 1.71 bits per heavy atom. The van der Waals surface area contributed by atoms with E-state index in [0.29, 0.717) is 0 Å². The Morgan fingerprint density at radius 2 is 1.35 bits per heavy atom. The quantitative estimate of drug-likeness (QED) is 0.558. The lowest BCUT2D eigenvalue weighted by Gasteiger charge is -2.27. The van der Waals surface area contributed by atoms with Crippen molar-refractivity contribution >= 4 is 38.1 Å². The Bertz CT molecular complexity index is 184. The summed E-state index contributed by atoms with van der Waals surface area (Å²) >= 11 is 9.05. The maximum absolute atomic E-state index is 4.53. The fraction of sp³-hybridized carbons (Fsp3) is 1.00. The lowest BCUT2D eigenvalue weighted by molar-refractivity contribution is 0.306. The molecule has 1 saturated carbocycles. The van der Waals surface area contributed by atoms with Crippen LogP contribution in [0.5, 0.6) is 0 Å². The van der Waals surface area contributed by atoms with Gasteiger partial charge in [0.2, 0.25) is 0 Å². The molecule has 0 radical (unpaired) electrons. The summed E-state index contributed by atoms with van der Waals surface area (Å²) in [4.78, 5) is 0. The minimum absolute atomic E-state index is 0.835. The molecule has 0 saturated heterocycles. The summed E-state index contributed by atoms with van der Waals surface area (Å²) in [5.74, 6) is 3.48. The minimum atomic E-state index is 0.835. The Hall–Kier alpha value is 0.830. The van der Waals surface area contributed by atoms with E-state index in [4.69, 9.17) is 0 Å². The summed E-state index contributed by atoms with van der Waals surface area (Å²) in [5.41, 5.74) is 0. The molecular formula is C13H28B2S2. The van der Waals surface area contributed by atoms with E-state index in [2.05, 4.69) is 38.8 Å². The zero-order valence-electron chi connectivity index (χ0n) is 11.6. The van der Waals surface area contributed by atoms with E-state index in [9.17, 15) is 0 Å². The van der Waals surface area contributed by atoms with Crippen LogP contribution in [0.4, 0.5) is 0 Å². The van der Waals surface area contributed by atoms with E-state index in [1.54, 1.807) is 0 Å². The van der Waals surface area contributed by atoms with Crippen molar-refractivity contribution in [3.63, 3.8) is 0 Å². The van der Waals surface area contributed by atoms with Gasteiger partial charge in [0.15, 0.2) is 13.1 Å². The van der Waals surface area contributed by atoms with Crippen molar-refractivity contribution in [1.29, 1.82) is 0 Å². The smallest absolute Gasteiger partial charge is 0.190 e. The van der Waals surface area contributed by atoms with Gasteiger partial charge in [-0.1, -0.05) is 70.4 Å². The van der Waals surface area contributed by atoms with Gasteiger partial charge < -0.3 is 0 Å². The van der Waals surface area contributed by atoms with Crippen molar-refractivity contribution in [3.8, 4) is 0 Å². The van der Waals surface area contributed by atoms with Gasteiger partial charge in [-0.05, 0) is 11.8 Å². The van der Waals surface area contributed by atoms with Gasteiger partial charge in [-0.2, -0.15) is 0 Å². The van der Waals surface area contributed by atoms with Crippen molar-refractivity contribution in [2.45, 2.75) is 70.4 Å². The van der Waals surface area contributed by atoms with Crippen LogP contribution in [-0.2, 0) is 0 Å². The second-order valence-corrected chi connectivity index (χ2v) is 6.93. The van der Waals surface area contributed by atoms with Gasteiger partial charge in [0.05, 0.1) is 0 Å². The van der Waals surface area contributed by atoms with Crippen molar-refractivity contribution < 1.29 is 0 Å². The molecular weight excluding hydrogens is 242 g/mol. The van der Waals surface area contributed by atoms with Crippen molar-refractivity contribution in [2.24, 2.45) is 11.8 Å². The monoisotopic (exact) mass is 270 g/mol. The van der Waals surface area contributed by atoms with Crippen LogP contribution < -0.4 is 0 Å². The van der Waals surface area contributed by atoms with E-state index in [1.807, 2.05) is 0 Å². The van der Waals surface area contributed by atoms with Gasteiger partial charge in [-0.15, -0.1) is 0 Å². The van der Waals surface area contributed by atoms with Gasteiger partial charge in [0, 0.05) is 0 Å². The van der Waals surface area contributed by atoms with Gasteiger partial charge >= 0.3 is 0 Å². The minimum Gasteiger partial charge on any atom is -0.231 e. The number of thiol groups is 2. The predicted molar refractivity (Wildman–Crippen MR) is 90.4 cm³/mol. The average Bonchev–Trinajstić information content (AvgIpc) is 2.34. The van der Waals surface area contributed by atoms with Crippen molar-refractivity contribution in [3.05, 3.63) is 0 Å². The molecule has 0 nitrogen and oxygen atoms in total. The van der Waals surface area contributed by atoms with Crippen LogP contribution in [0, 0.1) is 11.8 Å². The molecule has 2 atom stereocenters. The molecule has 17 heavy (non-hydrogen) atoms. The van der Waals surface area contributed by atoms with Crippen LogP contribution in [0.2, 0.25) is 11.6 Å². The lowest BCUT2D eigenvalue weighted by Crippen LogP contribution is -2.14. The van der Waals surface area contributed by atoms with Crippen LogP contribution in [0.1, 0.15) is 58.8 Å². The van der Waals surface area contributed by atoms with Crippen molar-refractivity contribution in [1.82, 2.24) is 0 Å². The Labute approximate surface area is 120 Å². The molecule has 0 N–H and O–H groups in total. The summed E-state index contributed by atoms with van der Waals surface area (Å²) in [6.45, 7) is 6.92. The zero-order chi connectivity index (χ0) is 12.7. The average molecular weight is 270 g/mol. The van der Waals surface area contributed by atoms with E-state index >= 15 is 0 Å². The predicted octanol–water partition coefficient (Wildman–Crippen LogP) is 4.14. The zero-order valence-corrected chi connectivity index (χ0v) is 13.4. The fourth-order valence-electron chi connectivity index (χ4n) is 3.19. The third kappa shape index (κ3) is 6.00. The molecule has 2 unspecified atom stereocenters. The van der Waals surface area contributed by atoms with Crippen LogP contribution in [-0.4, -0.2) is 13.1 Å². The highest BCUT2D eigenvalue weighted by Crippen LogP contribution is 2.35. The van der Waals surface area contributed by atoms with Gasteiger partial charge in [-0.3, -0.25) is 0 Å². The van der Waals surface area contributed by atoms with Gasteiger partial charge in [0.25, 0.3) is 0 Å². The summed E-state index contributed by atoms with van der Waals surface area (Å²) in [7, 11) is 0. The second kappa shape index (κ2) is 8.85. The van der Waals surface area contributed by atoms with E-state index in [-0.39, 0.29) is 0 Å². The summed E-state index contributed by atoms with van der Waals surface area (Å²) in [6.07, 6.45) is 9.83. The topological polar surface area (TPSA) is 0 Å². The molecule has 0 aromatic rings. The highest BCUT2D eigenvalue weighted by atomic mass is 32.1. The molecule has 0 aromatic carbocycles. The molecule has 1 aliphatic carbocycles. The van der Waals surface area contributed by atoms with Crippen LogP contribution in [0.15, 0.2) is 0 Å². The van der Waals surface area contributed by atoms with Crippen molar-refractivity contribution in [2.75, 3.05) is 0 Å². The first kappa shape index (κ1) is 15.9. The molecule has 1 fully saturated rings. The molecule has 0 spiro atoms. The fourth-order valence-corrected chi connectivity index (χ4v) is 3.85. The SMILES string of the molecule is CC(C)C1CCCC(BS)CC(BS)CCC1. The van der Waals surface area contributed by atoms with Gasteiger partial charge in [0.1, 0.15) is 0 Å². The molecule has 1 rings (SSSR count). The molecule has 0 amide bonds. The molecule has 0 aliphatic heterocycles. The van der Waals surface area contributed by atoms with Crippen LogP contribution >= 0.6 is 25.0 Å². The molecule has 1 aliphatic rings. The largest absolute Gasteiger partial charge is 0.231 e. The van der Waals surface area contributed by atoms with Crippen LogP contribution in [0.25, 0.3) is 0 Å². The molecule has 0 aromatic heterocycles. The second-order valence-electron chi connectivity index (χ2n) is 6.20. The Morgan fingerprint density at radius 1 is 0.882 bits per heavy atom. The highest BCUT2D eigenvalue weighted by Gasteiger charge is 2.20. The number of rotatable bonds is 3.